The number of methoxy groups -OCH3 is 2. The highest BCUT2D eigenvalue weighted by molar-refractivity contribution is 5.96. The van der Waals surface area contributed by atoms with Gasteiger partial charge in [-0.1, -0.05) is 77.4 Å². The number of rotatable bonds is 10. The lowest BCUT2D eigenvalue weighted by Gasteiger charge is -2.70. The van der Waals surface area contributed by atoms with Crippen molar-refractivity contribution in [2.24, 2.45) is 62.1 Å². The molecule has 4 fully saturated rings. The molecule has 0 unspecified atom stereocenters. The molecule has 10 atom stereocenters. The van der Waals surface area contributed by atoms with E-state index < -0.39 is 28.7 Å². The first-order valence-corrected chi connectivity index (χ1v) is 20.4. The second kappa shape index (κ2) is 14.3. The van der Waals surface area contributed by atoms with Crippen molar-refractivity contribution < 1.29 is 38.2 Å². The predicted molar refractivity (Wildman–Crippen MR) is 206 cm³/mol. The average molecular weight is 745 g/mol. The van der Waals surface area contributed by atoms with E-state index in [1.165, 1.54) is 19.8 Å². The smallest absolute Gasteiger partial charge is 0.312 e. The van der Waals surface area contributed by atoms with Crippen LogP contribution in [0.25, 0.3) is 0 Å². The molecule has 6 rings (SSSR count). The Hall–Kier alpha value is -3.29. The van der Waals surface area contributed by atoms with Crippen LogP contribution < -0.4 is 0 Å². The summed E-state index contributed by atoms with van der Waals surface area (Å²) in [5.74, 6) is -1.65. The van der Waals surface area contributed by atoms with Crippen molar-refractivity contribution in [2.45, 2.75) is 132 Å². The summed E-state index contributed by atoms with van der Waals surface area (Å²) in [4.78, 5) is 67.5. The van der Waals surface area contributed by atoms with E-state index >= 15 is 0 Å². The summed E-state index contributed by atoms with van der Waals surface area (Å²) in [6, 6.07) is 9.83. The second-order valence-corrected chi connectivity index (χ2v) is 19.7. The number of esters is 3. The van der Waals surface area contributed by atoms with E-state index in [1.807, 2.05) is 36.4 Å². The number of fused-ring (bicyclic) bond motifs is 7. The molecule has 0 spiro atoms. The van der Waals surface area contributed by atoms with Crippen LogP contribution >= 0.6 is 0 Å². The molecule has 8 heteroatoms. The summed E-state index contributed by atoms with van der Waals surface area (Å²) in [6.45, 7) is 16.2. The van der Waals surface area contributed by atoms with Crippen LogP contribution in [0.2, 0.25) is 0 Å². The number of ketones is 2. The minimum absolute atomic E-state index is 0.0223. The lowest BCUT2D eigenvalue weighted by atomic mass is 9.33. The molecule has 0 aliphatic heterocycles. The van der Waals surface area contributed by atoms with Crippen LogP contribution in [-0.2, 0) is 44.8 Å². The van der Waals surface area contributed by atoms with Crippen molar-refractivity contribution in [1.29, 1.82) is 0 Å². The summed E-state index contributed by atoms with van der Waals surface area (Å²) >= 11 is 0. The van der Waals surface area contributed by atoms with E-state index in [0.29, 0.717) is 12.8 Å². The summed E-state index contributed by atoms with van der Waals surface area (Å²) < 4.78 is 15.8. The molecule has 4 saturated carbocycles. The molecule has 5 aliphatic carbocycles. The van der Waals surface area contributed by atoms with Crippen LogP contribution in [0.4, 0.5) is 0 Å². The number of carbonyl (C=O) groups is 5. The van der Waals surface area contributed by atoms with Gasteiger partial charge in [-0.05, 0) is 122 Å². The van der Waals surface area contributed by atoms with Gasteiger partial charge in [0.25, 0.3) is 0 Å². The standard InChI is InChI=1S/C46H64O8/c1-41(2)31(34(47)25-30(39(50)53-9)15-16-37(49)52-8)17-19-44(5)36(41)18-20-46(7)38(44)35(48)26-32-33-27-43(4,22-21-42(33,3)23-24-45(32,46)6)40(51)54-28-29-13-11-10-12-14-29/h10-14,26,30-31,33,36,38H,15-25,27-28H2,1-9H3/t30-,31-,33+,36+,38-,42-,43+,44+,45-,46-/m1/s1. The highest BCUT2D eigenvalue weighted by Crippen LogP contribution is 2.75. The van der Waals surface area contributed by atoms with E-state index in [1.54, 1.807) is 0 Å². The number of carbonyl (C=O) groups excluding carboxylic acids is 5. The zero-order valence-corrected chi connectivity index (χ0v) is 34.3. The molecular formula is C46H64O8. The lowest BCUT2D eigenvalue weighted by Crippen LogP contribution is -2.66. The molecule has 0 aromatic heterocycles. The van der Waals surface area contributed by atoms with Crippen molar-refractivity contribution in [1.82, 2.24) is 0 Å². The zero-order chi connectivity index (χ0) is 39.5. The molecule has 5 aliphatic rings. The molecule has 8 nitrogen and oxygen atoms in total. The van der Waals surface area contributed by atoms with Crippen molar-refractivity contribution in [2.75, 3.05) is 14.2 Å². The van der Waals surface area contributed by atoms with E-state index in [-0.39, 0.29) is 88.7 Å². The fourth-order valence-corrected chi connectivity index (χ4v) is 13.1. The van der Waals surface area contributed by atoms with Gasteiger partial charge in [0.15, 0.2) is 5.78 Å². The third-order valence-electron chi connectivity index (χ3n) is 16.6. The van der Waals surface area contributed by atoms with Crippen molar-refractivity contribution in [3.63, 3.8) is 0 Å². The average Bonchev–Trinajstić information content (AvgIpc) is 3.13. The topological polar surface area (TPSA) is 113 Å². The van der Waals surface area contributed by atoms with Crippen LogP contribution in [0.3, 0.4) is 0 Å². The maximum atomic E-state index is 14.9. The highest BCUT2D eigenvalue weighted by Gasteiger charge is 2.70. The lowest BCUT2D eigenvalue weighted by molar-refractivity contribution is -0.195. The fraction of sp³-hybridized carbons (Fsp3) is 0.717. The third kappa shape index (κ3) is 6.49. The van der Waals surface area contributed by atoms with Crippen LogP contribution in [-0.4, -0.2) is 43.7 Å². The normalized spacial score (nSPS) is 38.6. The van der Waals surface area contributed by atoms with Crippen molar-refractivity contribution in [3.05, 3.63) is 47.5 Å². The Kier molecular flexibility index (Phi) is 10.7. The first-order chi connectivity index (χ1) is 25.3. The Morgan fingerprint density at radius 1 is 0.833 bits per heavy atom. The molecule has 0 amide bonds. The van der Waals surface area contributed by atoms with Gasteiger partial charge in [0, 0.05) is 24.7 Å². The Labute approximate surface area is 322 Å². The van der Waals surface area contributed by atoms with E-state index in [0.717, 1.165) is 50.5 Å². The predicted octanol–water partition coefficient (Wildman–Crippen LogP) is 9.03. The summed E-state index contributed by atoms with van der Waals surface area (Å²) in [6.07, 6.45) is 10.0. The van der Waals surface area contributed by atoms with Crippen LogP contribution in [0.15, 0.2) is 42.0 Å². The Balaban J connectivity index is 1.25. The number of allylic oxidation sites excluding steroid dienone is 2. The molecule has 0 heterocycles. The quantitative estimate of drug-likeness (QED) is 0.172. The second-order valence-electron chi connectivity index (χ2n) is 19.7. The van der Waals surface area contributed by atoms with Crippen LogP contribution in [0.1, 0.15) is 131 Å². The molecule has 1 aromatic carbocycles. The molecule has 0 radical (unpaired) electrons. The minimum Gasteiger partial charge on any atom is -0.469 e. The van der Waals surface area contributed by atoms with Gasteiger partial charge in [-0.3, -0.25) is 24.0 Å². The van der Waals surface area contributed by atoms with Gasteiger partial charge >= 0.3 is 17.9 Å². The fourth-order valence-electron chi connectivity index (χ4n) is 13.1. The van der Waals surface area contributed by atoms with Crippen molar-refractivity contribution in [3.8, 4) is 0 Å². The maximum absolute atomic E-state index is 14.9. The number of Topliss-reactive ketones (excluding diaryl/α,β-unsaturated/α-hetero) is 1. The van der Waals surface area contributed by atoms with E-state index in [2.05, 4.69) is 48.5 Å². The molecule has 296 valence electrons. The molecule has 0 bridgehead atoms. The maximum Gasteiger partial charge on any atom is 0.312 e. The van der Waals surface area contributed by atoms with Gasteiger partial charge in [-0.2, -0.15) is 0 Å². The molecule has 54 heavy (non-hydrogen) atoms. The Morgan fingerprint density at radius 2 is 1.52 bits per heavy atom. The van der Waals surface area contributed by atoms with Gasteiger partial charge in [0.1, 0.15) is 12.4 Å². The third-order valence-corrected chi connectivity index (χ3v) is 16.6. The minimum atomic E-state index is -0.701. The van der Waals surface area contributed by atoms with Gasteiger partial charge in [0.05, 0.1) is 25.6 Å². The van der Waals surface area contributed by atoms with Crippen LogP contribution in [0, 0.1) is 62.1 Å². The number of hydrogen-bond donors (Lipinski definition) is 0. The summed E-state index contributed by atoms with van der Waals surface area (Å²) in [5.41, 5.74) is 0.484. The van der Waals surface area contributed by atoms with Gasteiger partial charge < -0.3 is 14.2 Å². The largest absolute Gasteiger partial charge is 0.469 e. The SMILES string of the molecule is COC(=O)CC[C@H](CC(=O)[C@H]1CC[C@]2(C)[C@H]3C(=O)C=C4[C@@H]5C[C@@](C)(C(=O)OCc6ccccc6)CC[C@]5(C)CC[C@@]4(C)[C@]3(C)CC[C@H]2C1(C)C)C(=O)OC. The van der Waals surface area contributed by atoms with Gasteiger partial charge in [0.2, 0.25) is 0 Å². The number of hydrogen-bond acceptors (Lipinski definition) is 8. The molecule has 0 N–H and O–H groups in total. The highest BCUT2D eigenvalue weighted by atomic mass is 16.5. The monoisotopic (exact) mass is 744 g/mol. The Bertz CT molecular complexity index is 1690. The van der Waals surface area contributed by atoms with Gasteiger partial charge in [-0.15, -0.1) is 0 Å². The number of benzene rings is 1. The summed E-state index contributed by atoms with van der Waals surface area (Å²) in [5, 5.41) is 0. The molecule has 0 saturated heterocycles. The molecule has 1 aromatic rings. The first-order valence-electron chi connectivity index (χ1n) is 20.4. The zero-order valence-electron chi connectivity index (χ0n) is 34.3. The van der Waals surface area contributed by atoms with E-state index in [4.69, 9.17) is 14.2 Å². The van der Waals surface area contributed by atoms with Gasteiger partial charge in [-0.25, -0.2) is 0 Å². The first kappa shape index (κ1) is 40.4. The number of ether oxygens (including phenoxy) is 3. The summed E-state index contributed by atoms with van der Waals surface area (Å²) in [7, 11) is 2.63. The molecular weight excluding hydrogens is 680 g/mol. The van der Waals surface area contributed by atoms with Crippen molar-refractivity contribution >= 4 is 29.5 Å². The van der Waals surface area contributed by atoms with E-state index in [9.17, 15) is 24.0 Å². The Morgan fingerprint density at radius 3 is 2.19 bits per heavy atom. The van der Waals surface area contributed by atoms with Crippen LogP contribution in [0.5, 0.6) is 0 Å².